The van der Waals surface area contributed by atoms with E-state index in [-0.39, 0.29) is 34.0 Å². The predicted molar refractivity (Wildman–Crippen MR) is 95.0 cm³/mol. The molecule has 2 N–H and O–H groups in total. The molecule has 0 amide bonds. The fourth-order valence-corrected chi connectivity index (χ4v) is 2.69. The van der Waals surface area contributed by atoms with Crippen LogP contribution in [0.25, 0.3) is 16.9 Å². The zero-order valence-electron chi connectivity index (χ0n) is 14.5. The van der Waals surface area contributed by atoms with Crippen molar-refractivity contribution in [3.63, 3.8) is 0 Å². The minimum absolute atomic E-state index is 0.0531. The van der Waals surface area contributed by atoms with Crippen LogP contribution in [-0.2, 0) is 9.47 Å². The van der Waals surface area contributed by atoms with E-state index in [0.29, 0.717) is 5.69 Å². The monoisotopic (exact) mass is 368 g/mol. The van der Waals surface area contributed by atoms with E-state index >= 15 is 0 Å². The van der Waals surface area contributed by atoms with Crippen LogP contribution < -0.4 is 0 Å². The molecule has 0 aliphatic carbocycles. The van der Waals surface area contributed by atoms with Crippen LogP contribution in [0.2, 0.25) is 0 Å². The van der Waals surface area contributed by atoms with Crippen molar-refractivity contribution in [2.45, 2.75) is 0 Å². The van der Waals surface area contributed by atoms with Crippen LogP contribution in [0.15, 0.2) is 48.5 Å². The Balaban J connectivity index is 2.38. The second kappa shape index (κ2) is 7.20. The van der Waals surface area contributed by atoms with Crippen LogP contribution in [0.3, 0.4) is 0 Å². The standard InChI is InChI=1S/C19H16N2O6/c1-26-18(24)15-16(11-8-13(22)10-14(23)9-11)20-21(17(15)19(25)27-2)12-6-4-3-5-7-12/h3-10,22-23H,1-2H3. The molecule has 3 aromatic rings. The first-order valence-corrected chi connectivity index (χ1v) is 7.84. The number of nitrogens with zero attached hydrogens (tertiary/aromatic N) is 2. The molecular weight excluding hydrogens is 352 g/mol. The normalized spacial score (nSPS) is 10.4. The van der Waals surface area contributed by atoms with Crippen molar-refractivity contribution < 1.29 is 29.3 Å². The second-order valence-corrected chi connectivity index (χ2v) is 5.54. The number of carbonyl (C=O) groups excluding carboxylic acids is 2. The predicted octanol–water partition coefficient (Wildman–Crippen LogP) is 2.52. The minimum Gasteiger partial charge on any atom is -0.508 e. The topological polar surface area (TPSA) is 111 Å². The van der Waals surface area contributed by atoms with Gasteiger partial charge in [0.25, 0.3) is 0 Å². The SMILES string of the molecule is COC(=O)c1c(-c2cc(O)cc(O)c2)nn(-c2ccccc2)c1C(=O)OC. The number of benzene rings is 2. The summed E-state index contributed by atoms with van der Waals surface area (Å²) < 4.78 is 10.9. The molecule has 0 fully saturated rings. The summed E-state index contributed by atoms with van der Waals surface area (Å²) in [5, 5.41) is 23.9. The number of phenols is 2. The summed E-state index contributed by atoms with van der Waals surface area (Å²) in [4.78, 5) is 24.9. The number of esters is 2. The van der Waals surface area contributed by atoms with Crippen molar-refractivity contribution in [1.29, 1.82) is 0 Å². The molecule has 138 valence electrons. The van der Waals surface area contributed by atoms with E-state index < -0.39 is 11.9 Å². The molecule has 0 spiro atoms. The number of aromatic nitrogens is 2. The molecular formula is C19H16N2O6. The average molecular weight is 368 g/mol. The summed E-state index contributed by atoms with van der Waals surface area (Å²) in [5.74, 6) is -2.05. The summed E-state index contributed by atoms with van der Waals surface area (Å²) >= 11 is 0. The number of phenolic OH excluding ortho intramolecular Hbond substituents is 2. The Kier molecular flexibility index (Phi) is 4.80. The lowest BCUT2D eigenvalue weighted by molar-refractivity contribution is 0.0549. The lowest BCUT2D eigenvalue weighted by Crippen LogP contribution is -2.15. The maximum absolute atomic E-state index is 12.5. The summed E-state index contributed by atoms with van der Waals surface area (Å²) in [6.07, 6.45) is 0. The van der Waals surface area contributed by atoms with Gasteiger partial charge in [-0.15, -0.1) is 0 Å². The molecule has 3 rings (SSSR count). The van der Waals surface area contributed by atoms with E-state index in [4.69, 9.17) is 9.47 Å². The number of para-hydroxylation sites is 1. The van der Waals surface area contributed by atoms with E-state index in [1.54, 1.807) is 30.3 Å². The Labute approximate surface area is 154 Å². The van der Waals surface area contributed by atoms with Crippen molar-refractivity contribution in [2.24, 2.45) is 0 Å². The maximum Gasteiger partial charge on any atom is 0.357 e. The molecule has 0 aliphatic heterocycles. The molecule has 0 radical (unpaired) electrons. The molecule has 0 unspecified atom stereocenters. The van der Waals surface area contributed by atoms with Gasteiger partial charge in [0.2, 0.25) is 0 Å². The fraction of sp³-hybridized carbons (Fsp3) is 0.105. The highest BCUT2D eigenvalue weighted by molar-refractivity contribution is 6.06. The van der Waals surface area contributed by atoms with Crippen LogP contribution in [0.1, 0.15) is 20.8 Å². The van der Waals surface area contributed by atoms with Crippen LogP contribution in [0.5, 0.6) is 11.5 Å². The zero-order valence-corrected chi connectivity index (χ0v) is 14.5. The highest BCUT2D eigenvalue weighted by Gasteiger charge is 2.31. The summed E-state index contributed by atoms with van der Waals surface area (Å²) in [5.41, 5.74) is 0.523. The van der Waals surface area contributed by atoms with Gasteiger partial charge in [0.15, 0.2) is 5.69 Å². The van der Waals surface area contributed by atoms with Gasteiger partial charge in [0, 0.05) is 11.6 Å². The van der Waals surface area contributed by atoms with Gasteiger partial charge in [0.1, 0.15) is 22.8 Å². The number of aromatic hydroxyl groups is 2. The number of hydrogen-bond acceptors (Lipinski definition) is 7. The fourth-order valence-electron chi connectivity index (χ4n) is 2.69. The Morgan fingerprint density at radius 1 is 0.926 bits per heavy atom. The Morgan fingerprint density at radius 3 is 2.07 bits per heavy atom. The van der Waals surface area contributed by atoms with Crippen molar-refractivity contribution >= 4 is 11.9 Å². The first-order chi connectivity index (χ1) is 13.0. The highest BCUT2D eigenvalue weighted by atomic mass is 16.5. The van der Waals surface area contributed by atoms with E-state index in [2.05, 4.69) is 5.10 Å². The summed E-state index contributed by atoms with van der Waals surface area (Å²) in [7, 11) is 2.36. The maximum atomic E-state index is 12.5. The first kappa shape index (κ1) is 18.0. The number of ether oxygens (including phenoxy) is 2. The molecule has 1 heterocycles. The van der Waals surface area contributed by atoms with Crippen molar-refractivity contribution in [3.05, 3.63) is 59.8 Å². The molecule has 0 saturated heterocycles. The van der Waals surface area contributed by atoms with Crippen LogP contribution in [0, 0.1) is 0 Å². The van der Waals surface area contributed by atoms with Gasteiger partial charge in [-0.3, -0.25) is 0 Å². The average Bonchev–Trinajstić information content (AvgIpc) is 3.07. The van der Waals surface area contributed by atoms with E-state index in [0.717, 1.165) is 6.07 Å². The lowest BCUT2D eigenvalue weighted by Gasteiger charge is -2.07. The van der Waals surface area contributed by atoms with Gasteiger partial charge in [-0.1, -0.05) is 18.2 Å². The zero-order chi connectivity index (χ0) is 19.6. The van der Waals surface area contributed by atoms with E-state index in [1.165, 1.54) is 31.0 Å². The summed E-state index contributed by atoms with van der Waals surface area (Å²) in [6, 6.07) is 12.4. The molecule has 0 atom stereocenters. The van der Waals surface area contributed by atoms with Gasteiger partial charge in [-0.05, 0) is 24.3 Å². The van der Waals surface area contributed by atoms with Gasteiger partial charge in [-0.2, -0.15) is 5.10 Å². The molecule has 0 bridgehead atoms. The molecule has 0 aliphatic rings. The lowest BCUT2D eigenvalue weighted by atomic mass is 10.0. The van der Waals surface area contributed by atoms with Gasteiger partial charge >= 0.3 is 11.9 Å². The van der Waals surface area contributed by atoms with Gasteiger partial charge in [0.05, 0.1) is 19.9 Å². The molecule has 0 saturated carbocycles. The highest BCUT2D eigenvalue weighted by Crippen LogP contribution is 2.33. The molecule has 1 aromatic heterocycles. The van der Waals surface area contributed by atoms with Crippen LogP contribution >= 0.6 is 0 Å². The Hall–Kier alpha value is -3.81. The van der Waals surface area contributed by atoms with Crippen molar-refractivity contribution in [2.75, 3.05) is 14.2 Å². The van der Waals surface area contributed by atoms with Gasteiger partial charge in [-0.25, -0.2) is 14.3 Å². The molecule has 8 nitrogen and oxygen atoms in total. The van der Waals surface area contributed by atoms with E-state index in [1.807, 2.05) is 0 Å². The molecule has 2 aromatic carbocycles. The third-order valence-corrected chi connectivity index (χ3v) is 3.83. The quantitative estimate of drug-likeness (QED) is 0.681. The third kappa shape index (κ3) is 3.32. The smallest absolute Gasteiger partial charge is 0.357 e. The van der Waals surface area contributed by atoms with Crippen molar-refractivity contribution in [1.82, 2.24) is 9.78 Å². The van der Waals surface area contributed by atoms with Crippen LogP contribution in [0.4, 0.5) is 0 Å². The number of methoxy groups -OCH3 is 2. The number of hydrogen-bond donors (Lipinski definition) is 2. The number of carbonyl (C=O) groups is 2. The van der Waals surface area contributed by atoms with Crippen molar-refractivity contribution in [3.8, 4) is 28.4 Å². The first-order valence-electron chi connectivity index (χ1n) is 7.84. The Bertz CT molecular complexity index is 990. The van der Waals surface area contributed by atoms with Crippen LogP contribution in [-0.4, -0.2) is 46.2 Å². The molecule has 27 heavy (non-hydrogen) atoms. The van der Waals surface area contributed by atoms with Gasteiger partial charge < -0.3 is 19.7 Å². The summed E-state index contributed by atoms with van der Waals surface area (Å²) in [6.45, 7) is 0. The van der Waals surface area contributed by atoms with E-state index in [9.17, 15) is 19.8 Å². The molecule has 8 heteroatoms. The minimum atomic E-state index is -0.810. The largest absolute Gasteiger partial charge is 0.508 e. The Morgan fingerprint density at radius 2 is 1.52 bits per heavy atom. The third-order valence-electron chi connectivity index (χ3n) is 3.83. The number of rotatable bonds is 4. The second-order valence-electron chi connectivity index (χ2n) is 5.54.